The standard InChI is InChI=1S/C10H17N3OS/c1-3-4-6-13(2)8-9(14)12-10-11-5-7-15-10/h5,7H,3-4,6,8H2,1-2H3,(H,11,12,14). The quantitative estimate of drug-likeness (QED) is 0.806. The van der Waals surface area contributed by atoms with Crippen LogP contribution in [-0.4, -0.2) is 35.9 Å². The highest BCUT2D eigenvalue weighted by molar-refractivity contribution is 7.13. The van der Waals surface area contributed by atoms with Crippen molar-refractivity contribution in [1.82, 2.24) is 9.88 Å². The summed E-state index contributed by atoms with van der Waals surface area (Å²) in [5.74, 6) is 0.00329. The van der Waals surface area contributed by atoms with Gasteiger partial charge in [0.25, 0.3) is 0 Å². The predicted molar refractivity (Wildman–Crippen MR) is 63.1 cm³/mol. The minimum Gasteiger partial charge on any atom is -0.301 e. The average molecular weight is 227 g/mol. The van der Waals surface area contributed by atoms with E-state index in [4.69, 9.17) is 0 Å². The molecular weight excluding hydrogens is 210 g/mol. The van der Waals surface area contributed by atoms with Gasteiger partial charge in [0.1, 0.15) is 0 Å². The van der Waals surface area contributed by atoms with Gasteiger partial charge in [0, 0.05) is 11.6 Å². The van der Waals surface area contributed by atoms with E-state index in [1.165, 1.54) is 11.3 Å². The van der Waals surface area contributed by atoms with Crippen LogP contribution < -0.4 is 5.32 Å². The summed E-state index contributed by atoms with van der Waals surface area (Å²) >= 11 is 1.43. The van der Waals surface area contributed by atoms with E-state index in [0.717, 1.165) is 19.4 Å². The maximum absolute atomic E-state index is 11.5. The van der Waals surface area contributed by atoms with Crippen molar-refractivity contribution >= 4 is 22.4 Å². The summed E-state index contributed by atoms with van der Waals surface area (Å²) in [4.78, 5) is 17.5. The van der Waals surface area contributed by atoms with Gasteiger partial charge in [0.2, 0.25) is 5.91 Å². The van der Waals surface area contributed by atoms with Gasteiger partial charge in [-0.05, 0) is 20.0 Å². The molecule has 1 aromatic rings. The van der Waals surface area contributed by atoms with E-state index in [-0.39, 0.29) is 5.91 Å². The number of amides is 1. The number of rotatable bonds is 6. The molecule has 1 rings (SSSR count). The lowest BCUT2D eigenvalue weighted by Gasteiger charge is -2.14. The molecule has 0 aliphatic heterocycles. The molecule has 1 heterocycles. The molecule has 0 aromatic carbocycles. The van der Waals surface area contributed by atoms with Gasteiger partial charge in [-0.15, -0.1) is 11.3 Å². The summed E-state index contributed by atoms with van der Waals surface area (Å²) in [5.41, 5.74) is 0. The van der Waals surface area contributed by atoms with Gasteiger partial charge < -0.3 is 5.32 Å². The highest BCUT2D eigenvalue weighted by Gasteiger charge is 2.07. The first-order chi connectivity index (χ1) is 7.22. The van der Waals surface area contributed by atoms with Crippen LogP contribution in [0.5, 0.6) is 0 Å². The molecule has 5 heteroatoms. The largest absolute Gasteiger partial charge is 0.301 e. The molecule has 15 heavy (non-hydrogen) atoms. The zero-order valence-corrected chi connectivity index (χ0v) is 10.0. The fraction of sp³-hybridized carbons (Fsp3) is 0.600. The molecule has 0 radical (unpaired) electrons. The monoisotopic (exact) mass is 227 g/mol. The van der Waals surface area contributed by atoms with Crippen molar-refractivity contribution < 1.29 is 4.79 Å². The third kappa shape index (κ3) is 4.90. The molecule has 1 aromatic heterocycles. The summed E-state index contributed by atoms with van der Waals surface area (Å²) in [7, 11) is 1.96. The van der Waals surface area contributed by atoms with Crippen molar-refractivity contribution in [3.8, 4) is 0 Å². The zero-order chi connectivity index (χ0) is 11.1. The van der Waals surface area contributed by atoms with Crippen molar-refractivity contribution in [3.63, 3.8) is 0 Å². The van der Waals surface area contributed by atoms with E-state index in [9.17, 15) is 4.79 Å². The lowest BCUT2D eigenvalue weighted by molar-refractivity contribution is -0.117. The molecule has 0 bridgehead atoms. The molecule has 0 spiro atoms. The van der Waals surface area contributed by atoms with Gasteiger partial charge in [-0.3, -0.25) is 9.69 Å². The van der Waals surface area contributed by atoms with Gasteiger partial charge in [0.05, 0.1) is 6.54 Å². The molecule has 0 saturated heterocycles. The third-order valence-corrected chi connectivity index (χ3v) is 2.67. The summed E-state index contributed by atoms with van der Waals surface area (Å²) in [6, 6.07) is 0. The number of hydrogen-bond acceptors (Lipinski definition) is 4. The van der Waals surface area contributed by atoms with Crippen LogP contribution in [0, 0.1) is 0 Å². The Morgan fingerprint density at radius 1 is 1.67 bits per heavy atom. The fourth-order valence-electron chi connectivity index (χ4n) is 1.20. The van der Waals surface area contributed by atoms with E-state index < -0.39 is 0 Å². The Balaban J connectivity index is 2.23. The van der Waals surface area contributed by atoms with Crippen LogP contribution in [0.15, 0.2) is 11.6 Å². The number of unbranched alkanes of at least 4 members (excludes halogenated alkanes) is 1. The van der Waals surface area contributed by atoms with Gasteiger partial charge >= 0.3 is 0 Å². The molecule has 0 aliphatic rings. The Morgan fingerprint density at radius 2 is 2.47 bits per heavy atom. The third-order valence-electron chi connectivity index (χ3n) is 1.99. The summed E-state index contributed by atoms with van der Waals surface area (Å²) in [5, 5.41) is 5.27. The summed E-state index contributed by atoms with van der Waals surface area (Å²) in [6.45, 7) is 3.53. The number of nitrogens with zero attached hydrogens (tertiary/aromatic N) is 2. The first-order valence-corrected chi connectivity index (χ1v) is 5.98. The topological polar surface area (TPSA) is 45.2 Å². The lowest BCUT2D eigenvalue weighted by Crippen LogP contribution is -2.30. The zero-order valence-electron chi connectivity index (χ0n) is 9.19. The van der Waals surface area contributed by atoms with Crippen LogP contribution >= 0.6 is 11.3 Å². The van der Waals surface area contributed by atoms with Crippen molar-refractivity contribution in [2.45, 2.75) is 19.8 Å². The molecule has 0 saturated carbocycles. The number of nitrogens with one attached hydrogen (secondary N) is 1. The first-order valence-electron chi connectivity index (χ1n) is 5.10. The van der Waals surface area contributed by atoms with E-state index in [2.05, 4.69) is 17.2 Å². The first kappa shape index (κ1) is 12.1. The molecule has 1 amide bonds. The van der Waals surface area contributed by atoms with E-state index in [1.807, 2.05) is 17.3 Å². The smallest absolute Gasteiger partial charge is 0.240 e. The Bertz CT molecular complexity index is 287. The normalized spacial score (nSPS) is 10.6. The maximum Gasteiger partial charge on any atom is 0.240 e. The van der Waals surface area contributed by atoms with Crippen LogP contribution in [0.3, 0.4) is 0 Å². The molecule has 0 atom stereocenters. The van der Waals surface area contributed by atoms with Crippen molar-refractivity contribution in [3.05, 3.63) is 11.6 Å². The van der Waals surface area contributed by atoms with Crippen LogP contribution in [0.2, 0.25) is 0 Å². The number of carbonyl (C=O) groups is 1. The predicted octanol–water partition coefficient (Wildman–Crippen LogP) is 1.81. The molecule has 4 nitrogen and oxygen atoms in total. The van der Waals surface area contributed by atoms with Crippen LogP contribution in [-0.2, 0) is 4.79 Å². The molecule has 0 unspecified atom stereocenters. The second-order valence-corrected chi connectivity index (χ2v) is 4.37. The Kier molecular flexibility index (Phi) is 5.28. The van der Waals surface area contributed by atoms with Crippen molar-refractivity contribution in [2.24, 2.45) is 0 Å². The minimum absolute atomic E-state index is 0.00329. The van der Waals surface area contributed by atoms with Gasteiger partial charge in [-0.2, -0.15) is 0 Å². The Hall–Kier alpha value is -0.940. The summed E-state index contributed by atoms with van der Waals surface area (Å²) < 4.78 is 0. The van der Waals surface area contributed by atoms with E-state index in [0.29, 0.717) is 11.7 Å². The summed E-state index contributed by atoms with van der Waals surface area (Å²) in [6.07, 6.45) is 3.96. The number of carbonyl (C=O) groups excluding carboxylic acids is 1. The second kappa shape index (κ2) is 6.53. The number of hydrogen-bond donors (Lipinski definition) is 1. The molecule has 1 N–H and O–H groups in total. The van der Waals surface area contributed by atoms with Gasteiger partial charge in [-0.25, -0.2) is 4.98 Å². The highest BCUT2D eigenvalue weighted by Crippen LogP contribution is 2.09. The SMILES string of the molecule is CCCCN(C)CC(=O)Nc1nccs1. The van der Waals surface area contributed by atoms with Gasteiger partial charge in [-0.1, -0.05) is 13.3 Å². The van der Waals surface area contributed by atoms with Crippen LogP contribution in [0.4, 0.5) is 5.13 Å². The Morgan fingerprint density at radius 3 is 3.07 bits per heavy atom. The number of likely N-dealkylation sites (N-methyl/N-ethyl adjacent to an activating group) is 1. The van der Waals surface area contributed by atoms with Crippen LogP contribution in [0.1, 0.15) is 19.8 Å². The van der Waals surface area contributed by atoms with E-state index in [1.54, 1.807) is 6.20 Å². The Labute approximate surface area is 94.3 Å². The van der Waals surface area contributed by atoms with E-state index >= 15 is 0 Å². The minimum atomic E-state index is 0.00329. The maximum atomic E-state index is 11.5. The lowest BCUT2D eigenvalue weighted by atomic mass is 10.3. The molecule has 0 aliphatic carbocycles. The van der Waals surface area contributed by atoms with Crippen molar-refractivity contribution in [2.75, 3.05) is 25.5 Å². The number of anilines is 1. The second-order valence-electron chi connectivity index (χ2n) is 3.48. The number of thiazole rings is 1. The molecular formula is C10H17N3OS. The highest BCUT2D eigenvalue weighted by atomic mass is 32.1. The number of aromatic nitrogens is 1. The fourth-order valence-corrected chi connectivity index (χ4v) is 1.74. The van der Waals surface area contributed by atoms with Crippen LogP contribution in [0.25, 0.3) is 0 Å². The average Bonchev–Trinajstić information content (AvgIpc) is 2.67. The van der Waals surface area contributed by atoms with Gasteiger partial charge in [0.15, 0.2) is 5.13 Å². The van der Waals surface area contributed by atoms with Crippen molar-refractivity contribution in [1.29, 1.82) is 0 Å². The molecule has 0 fully saturated rings. The molecule has 84 valence electrons.